The highest BCUT2D eigenvalue weighted by atomic mass is 32.2. The molecular formula is C10H15NO2S. The number of sulfonamides is 1. The number of nitrogens with one attached hydrogen (secondary N) is 1. The summed E-state index contributed by atoms with van der Waals surface area (Å²) in [5, 5.41) is -0.166. The molecule has 0 unspecified atom stereocenters. The smallest absolute Gasteiger partial charge is 0.235 e. The van der Waals surface area contributed by atoms with E-state index < -0.39 is 10.0 Å². The normalized spacial score (nSPS) is 30.9. The Morgan fingerprint density at radius 1 is 1.43 bits per heavy atom. The van der Waals surface area contributed by atoms with Gasteiger partial charge in [0.1, 0.15) is 0 Å². The molecule has 4 heteroatoms. The van der Waals surface area contributed by atoms with Gasteiger partial charge in [0, 0.05) is 11.6 Å². The van der Waals surface area contributed by atoms with Crippen molar-refractivity contribution in [3.63, 3.8) is 0 Å². The summed E-state index contributed by atoms with van der Waals surface area (Å²) >= 11 is 0. The molecule has 0 aromatic rings. The summed E-state index contributed by atoms with van der Waals surface area (Å²) in [7, 11) is -3.11. The first kappa shape index (κ1) is 9.77. The van der Waals surface area contributed by atoms with Crippen molar-refractivity contribution in [1.29, 1.82) is 0 Å². The quantitative estimate of drug-likeness (QED) is 0.702. The van der Waals surface area contributed by atoms with Crippen molar-refractivity contribution in [1.82, 2.24) is 4.72 Å². The third-order valence-corrected chi connectivity index (χ3v) is 4.72. The van der Waals surface area contributed by atoms with E-state index in [9.17, 15) is 8.42 Å². The Labute approximate surface area is 84.9 Å². The second-order valence-corrected chi connectivity index (χ2v) is 6.07. The van der Waals surface area contributed by atoms with Gasteiger partial charge in [-0.15, -0.1) is 6.58 Å². The molecule has 0 saturated heterocycles. The first-order chi connectivity index (χ1) is 6.54. The van der Waals surface area contributed by atoms with Gasteiger partial charge in [0.25, 0.3) is 0 Å². The van der Waals surface area contributed by atoms with E-state index in [4.69, 9.17) is 0 Å². The highest BCUT2D eigenvalue weighted by Crippen LogP contribution is 2.43. The Morgan fingerprint density at radius 3 is 2.50 bits per heavy atom. The lowest BCUT2D eigenvalue weighted by molar-refractivity contribution is 0.584. The van der Waals surface area contributed by atoms with Crippen LogP contribution >= 0.6 is 0 Å². The highest BCUT2D eigenvalue weighted by molar-refractivity contribution is 7.90. The lowest BCUT2D eigenvalue weighted by Crippen LogP contribution is -2.27. The molecule has 3 nitrogen and oxygen atoms in total. The predicted octanol–water partition coefficient (Wildman–Crippen LogP) is 1.40. The lowest BCUT2D eigenvalue weighted by Gasteiger charge is -2.08. The zero-order valence-corrected chi connectivity index (χ0v) is 8.89. The average Bonchev–Trinajstić information content (AvgIpc) is 2.98. The summed E-state index contributed by atoms with van der Waals surface area (Å²) < 4.78 is 25.6. The van der Waals surface area contributed by atoms with Gasteiger partial charge < -0.3 is 0 Å². The van der Waals surface area contributed by atoms with Gasteiger partial charge in [0.05, 0.1) is 5.25 Å². The van der Waals surface area contributed by atoms with E-state index in [1.807, 2.05) is 6.08 Å². The van der Waals surface area contributed by atoms with Crippen molar-refractivity contribution in [3.8, 4) is 0 Å². The summed E-state index contributed by atoms with van der Waals surface area (Å²) in [6.07, 6.45) is 4.42. The van der Waals surface area contributed by atoms with Crippen LogP contribution in [0.5, 0.6) is 0 Å². The van der Waals surface area contributed by atoms with Crippen molar-refractivity contribution in [3.05, 3.63) is 24.9 Å². The van der Waals surface area contributed by atoms with Crippen molar-refractivity contribution in [2.45, 2.75) is 24.5 Å². The van der Waals surface area contributed by atoms with Gasteiger partial charge in [-0.05, 0) is 25.2 Å². The average molecular weight is 213 g/mol. The van der Waals surface area contributed by atoms with Crippen LogP contribution in [0.4, 0.5) is 0 Å². The van der Waals surface area contributed by atoms with Gasteiger partial charge in [0.15, 0.2) is 0 Å². The van der Waals surface area contributed by atoms with Crippen LogP contribution in [-0.2, 0) is 10.0 Å². The number of rotatable bonds is 5. The molecule has 2 atom stereocenters. The van der Waals surface area contributed by atoms with Gasteiger partial charge in [-0.2, -0.15) is 0 Å². The number of allylic oxidation sites excluding steroid dienone is 2. The standard InChI is InChI=1S/C10H15NO2S/c1-3-8-6-10(8)7(2)11-14(12,13)9-4-5-9/h3,8-11H,1-2,4-6H2/t8-,10-/m1/s1. The van der Waals surface area contributed by atoms with Gasteiger partial charge in [-0.3, -0.25) is 4.72 Å². The van der Waals surface area contributed by atoms with Gasteiger partial charge in [-0.25, -0.2) is 8.42 Å². The summed E-state index contributed by atoms with van der Waals surface area (Å²) in [5.74, 6) is 0.699. The monoisotopic (exact) mass is 213 g/mol. The van der Waals surface area contributed by atoms with Crippen LogP contribution in [0.15, 0.2) is 24.9 Å². The molecule has 0 amide bonds. The second kappa shape index (κ2) is 3.12. The van der Waals surface area contributed by atoms with Crippen molar-refractivity contribution in [2.24, 2.45) is 11.8 Å². The fourth-order valence-electron chi connectivity index (χ4n) is 1.60. The molecule has 0 radical (unpaired) electrons. The zero-order chi connectivity index (χ0) is 10.3. The fraction of sp³-hybridized carbons (Fsp3) is 0.600. The molecule has 0 aromatic heterocycles. The van der Waals surface area contributed by atoms with Crippen LogP contribution in [0.25, 0.3) is 0 Å². The minimum absolute atomic E-state index is 0.166. The Kier molecular flexibility index (Phi) is 2.18. The van der Waals surface area contributed by atoms with E-state index >= 15 is 0 Å². The maximum Gasteiger partial charge on any atom is 0.235 e. The number of hydrogen-bond acceptors (Lipinski definition) is 2. The van der Waals surface area contributed by atoms with Crippen molar-refractivity contribution >= 4 is 10.0 Å². The molecule has 0 aromatic carbocycles. The molecule has 78 valence electrons. The van der Waals surface area contributed by atoms with Crippen LogP contribution in [-0.4, -0.2) is 13.7 Å². The molecule has 2 rings (SSSR count). The Balaban J connectivity index is 1.92. The van der Waals surface area contributed by atoms with E-state index in [0.29, 0.717) is 11.6 Å². The van der Waals surface area contributed by atoms with E-state index in [1.54, 1.807) is 0 Å². The molecule has 2 aliphatic rings. The maximum absolute atomic E-state index is 11.5. The number of hydrogen-bond donors (Lipinski definition) is 1. The van der Waals surface area contributed by atoms with Gasteiger partial charge >= 0.3 is 0 Å². The van der Waals surface area contributed by atoms with E-state index in [-0.39, 0.29) is 11.2 Å². The molecule has 0 bridgehead atoms. The van der Waals surface area contributed by atoms with Crippen LogP contribution in [0.1, 0.15) is 19.3 Å². The third kappa shape index (κ3) is 1.85. The molecule has 0 spiro atoms. The lowest BCUT2D eigenvalue weighted by atomic mass is 10.3. The zero-order valence-electron chi connectivity index (χ0n) is 8.07. The van der Waals surface area contributed by atoms with Crippen LogP contribution in [0.2, 0.25) is 0 Å². The summed E-state index contributed by atoms with van der Waals surface area (Å²) in [6.45, 7) is 7.45. The molecule has 1 N–H and O–H groups in total. The summed E-state index contributed by atoms with van der Waals surface area (Å²) in [5.41, 5.74) is 0.641. The fourth-order valence-corrected chi connectivity index (χ4v) is 3.04. The molecule has 2 saturated carbocycles. The third-order valence-electron chi connectivity index (χ3n) is 2.83. The van der Waals surface area contributed by atoms with Gasteiger partial charge in [-0.1, -0.05) is 12.7 Å². The first-order valence-corrected chi connectivity index (χ1v) is 6.42. The van der Waals surface area contributed by atoms with Crippen LogP contribution < -0.4 is 4.72 Å². The molecule has 0 heterocycles. The molecule has 14 heavy (non-hydrogen) atoms. The highest BCUT2D eigenvalue weighted by Gasteiger charge is 2.41. The van der Waals surface area contributed by atoms with E-state index in [2.05, 4.69) is 17.9 Å². The van der Waals surface area contributed by atoms with Gasteiger partial charge in [0.2, 0.25) is 10.0 Å². The van der Waals surface area contributed by atoms with E-state index in [0.717, 1.165) is 19.3 Å². The summed E-state index contributed by atoms with van der Waals surface area (Å²) in [4.78, 5) is 0. The largest absolute Gasteiger partial charge is 0.287 e. The van der Waals surface area contributed by atoms with E-state index in [1.165, 1.54) is 0 Å². The van der Waals surface area contributed by atoms with Crippen LogP contribution in [0, 0.1) is 11.8 Å². The molecule has 0 aliphatic heterocycles. The Hall–Kier alpha value is -0.770. The topological polar surface area (TPSA) is 46.2 Å². The second-order valence-electron chi connectivity index (χ2n) is 4.11. The summed E-state index contributed by atoms with van der Waals surface area (Å²) in [6, 6.07) is 0. The van der Waals surface area contributed by atoms with Crippen molar-refractivity contribution < 1.29 is 8.42 Å². The Morgan fingerprint density at radius 2 is 2.07 bits per heavy atom. The SMILES string of the molecule is C=C[C@@H]1C[C@@H]1C(=C)NS(=O)(=O)C1CC1. The van der Waals surface area contributed by atoms with Crippen LogP contribution in [0.3, 0.4) is 0 Å². The first-order valence-electron chi connectivity index (χ1n) is 4.87. The molecular weight excluding hydrogens is 198 g/mol. The minimum atomic E-state index is -3.11. The van der Waals surface area contributed by atoms with Crippen molar-refractivity contribution in [2.75, 3.05) is 0 Å². The molecule has 2 aliphatic carbocycles. The molecule has 2 fully saturated rings. The predicted molar refractivity (Wildman–Crippen MR) is 56.0 cm³/mol. The maximum atomic E-state index is 11.5. The Bertz CT molecular complexity index is 368. The minimum Gasteiger partial charge on any atom is -0.287 e.